The summed E-state index contributed by atoms with van der Waals surface area (Å²) in [6, 6.07) is 9.06. The maximum Gasteiger partial charge on any atom is 0.224 e. The summed E-state index contributed by atoms with van der Waals surface area (Å²) >= 11 is 0. The average Bonchev–Trinajstić information content (AvgIpc) is 3.14. The Morgan fingerprint density at radius 2 is 1.90 bits per heavy atom. The number of benzene rings is 1. The maximum absolute atomic E-state index is 12.3. The minimum Gasteiger partial charge on any atom is -0.494 e. The molecule has 0 fully saturated rings. The number of aromatic nitrogens is 3. The number of anilines is 1. The van der Waals surface area contributed by atoms with Gasteiger partial charge in [0, 0.05) is 29.8 Å². The van der Waals surface area contributed by atoms with Crippen molar-refractivity contribution in [2.24, 2.45) is 0 Å². The highest BCUT2D eigenvalue weighted by atomic mass is 16.5. The monoisotopic (exact) mass is 394 g/mol. The Labute approximate surface area is 170 Å². The summed E-state index contributed by atoms with van der Waals surface area (Å²) in [6.07, 6.45) is 4.52. The zero-order valence-corrected chi connectivity index (χ0v) is 17.0. The third-order valence-corrected chi connectivity index (χ3v) is 4.43. The molecule has 0 aliphatic rings. The molecule has 0 saturated carbocycles. The largest absolute Gasteiger partial charge is 0.494 e. The van der Waals surface area contributed by atoms with Crippen molar-refractivity contribution < 1.29 is 14.3 Å². The van der Waals surface area contributed by atoms with Crippen LogP contribution in [-0.2, 0) is 4.79 Å². The molecule has 0 unspecified atom stereocenters. The van der Waals surface area contributed by atoms with Crippen LogP contribution in [0.1, 0.15) is 56.4 Å². The highest BCUT2D eigenvalue weighted by Gasteiger charge is 2.12. The van der Waals surface area contributed by atoms with Crippen LogP contribution in [0.25, 0.3) is 11.0 Å². The lowest BCUT2D eigenvalue weighted by Crippen LogP contribution is -2.13. The van der Waals surface area contributed by atoms with E-state index in [4.69, 9.17) is 4.74 Å². The van der Waals surface area contributed by atoms with Crippen LogP contribution in [0.5, 0.6) is 5.75 Å². The lowest BCUT2D eigenvalue weighted by Gasteiger charge is -2.08. The fourth-order valence-corrected chi connectivity index (χ4v) is 2.94. The van der Waals surface area contributed by atoms with E-state index in [-0.39, 0.29) is 30.6 Å². The van der Waals surface area contributed by atoms with Crippen LogP contribution in [0.2, 0.25) is 0 Å². The van der Waals surface area contributed by atoms with Gasteiger partial charge >= 0.3 is 0 Å². The lowest BCUT2D eigenvalue weighted by atomic mass is 10.1. The first kappa shape index (κ1) is 20.5. The van der Waals surface area contributed by atoms with E-state index in [0.29, 0.717) is 17.9 Å². The molecule has 1 aromatic carbocycles. The van der Waals surface area contributed by atoms with Gasteiger partial charge in [-0.25, -0.2) is 9.67 Å². The van der Waals surface area contributed by atoms with Crippen molar-refractivity contribution in [2.75, 3.05) is 11.9 Å². The number of ether oxygens (including phenoxy) is 1. The molecule has 3 aromatic rings. The Kier molecular flexibility index (Phi) is 6.59. The van der Waals surface area contributed by atoms with E-state index >= 15 is 0 Å². The summed E-state index contributed by atoms with van der Waals surface area (Å²) < 4.78 is 7.34. The van der Waals surface area contributed by atoms with Gasteiger partial charge in [-0.2, -0.15) is 5.10 Å². The van der Waals surface area contributed by atoms with Crippen molar-refractivity contribution in [3.05, 3.63) is 48.3 Å². The van der Waals surface area contributed by atoms with Gasteiger partial charge < -0.3 is 10.1 Å². The Balaban J connectivity index is 1.54. The molecule has 1 N–H and O–H groups in total. The molecule has 0 radical (unpaired) electrons. The van der Waals surface area contributed by atoms with E-state index in [0.717, 1.165) is 23.2 Å². The van der Waals surface area contributed by atoms with E-state index in [1.165, 1.54) is 0 Å². The molecule has 1 amide bonds. The molecule has 0 spiro atoms. The van der Waals surface area contributed by atoms with E-state index in [1.54, 1.807) is 36.7 Å². The summed E-state index contributed by atoms with van der Waals surface area (Å²) in [4.78, 5) is 29.0. The first-order valence-electron chi connectivity index (χ1n) is 9.87. The van der Waals surface area contributed by atoms with E-state index in [2.05, 4.69) is 15.4 Å². The van der Waals surface area contributed by atoms with Gasteiger partial charge in [0.05, 0.1) is 24.7 Å². The van der Waals surface area contributed by atoms with Crippen molar-refractivity contribution in [1.82, 2.24) is 14.8 Å². The first-order valence-corrected chi connectivity index (χ1v) is 9.87. The smallest absolute Gasteiger partial charge is 0.224 e. The normalized spacial score (nSPS) is 11.0. The average molecular weight is 394 g/mol. The zero-order chi connectivity index (χ0) is 20.8. The number of ketones is 1. The minimum atomic E-state index is -0.223. The van der Waals surface area contributed by atoms with Gasteiger partial charge in [0.2, 0.25) is 5.91 Å². The topological polar surface area (TPSA) is 86.1 Å². The van der Waals surface area contributed by atoms with Gasteiger partial charge in [-0.1, -0.05) is 6.92 Å². The van der Waals surface area contributed by atoms with Crippen LogP contribution < -0.4 is 10.1 Å². The number of nitrogens with one attached hydrogen (secondary N) is 1. The summed E-state index contributed by atoms with van der Waals surface area (Å²) in [5.41, 5.74) is 1.95. The standard InChI is InChI=1S/C22H26N4O3/c1-4-11-29-19-7-5-16(6-8-19)20(27)9-10-21(28)25-18-12-17-13-24-26(15(2)3)22(17)23-14-18/h5-8,12-15H,4,9-11H2,1-3H3,(H,25,28). The van der Waals surface area contributed by atoms with E-state index in [9.17, 15) is 9.59 Å². The zero-order valence-electron chi connectivity index (χ0n) is 17.0. The predicted molar refractivity (Wildman–Crippen MR) is 112 cm³/mol. The van der Waals surface area contributed by atoms with Gasteiger partial charge in [0.25, 0.3) is 0 Å². The van der Waals surface area contributed by atoms with Crippen molar-refractivity contribution in [3.63, 3.8) is 0 Å². The number of rotatable bonds is 9. The quantitative estimate of drug-likeness (QED) is 0.544. The molecule has 0 bridgehead atoms. The minimum absolute atomic E-state index is 0.0750. The number of amides is 1. The number of hydrogen-bond acceptors (Lipinski definition) is 5. The molecule has 0 aliphatic heterocycles. The van der Waals surface area contributed by atoms with Crippen LogP contribution >= 0.6 is 0 Å². The molecule has 29 heavy (non-hydrogen) atoms. The Hall–Kier alpha value is -3.22. The van der Waals surface area contributed by atoms with Gasteiger partial charge in [-0.15, -0.1) is 0 Å². The Bertz CT molecular complexity index is 993. The number of hydrogen-bond donors (Lipinski definition) is 1. The van der Waals surface area contributed by atoms with Crippen molar-refractivity contribution >= 4 is 28.4 Å². The summed E-state index contributed by atoms with van der Waals surface area (Å²) in [6.45, 7) is 6.75. The highest BCUT2D eigenvalue weighted by Crippen LogP contribution is 2.19. The Morgan fingerprint density at radius 1 is 1.14 bits per heavy atom. The van der Waals surface area contributed by atoms with Crippen LogP contribution in [0.3, 0.4) is 0 Å². The molecule has 2 aromatic heterocycles. The molecule has 3 rings (SSSR count). The van der Waals surface area contributed by atoms with E-state index in [1.807, 2.05) is 31.5 Å². The maximum atomic E-state index is 12.3. The fraction of sp³-hybridized carbons (Fsp3) is 0.364. The van der Waals surface area contributed by atoms with Crippen LogP contribution in [-0.4, -0.2) is 33.1 Å². The molecule has 0 aliphatic carbocycles. The third-order valence-electron chi connectivity index (χ3n) is 4.43. The number of carbonyl (C=O) groups excluding carboxylic acids is 2. The van der Waals surface area contributed by atoms with Gasteiger partial charge in [-0.3, -0.25) is 9.59 Å². The van der Waals surface area contributed by atoms with Crippen molar-refractivity contribution in [3.8, 4) is 5.75 Å². The second-order valence-corrected chi connectivity index (χ2v) is 7.16. The summed E-state index contributed by atoms with van der Waals surface area (Å²) in [5.74, 6) is 0.442. The summed E-state index contributed by atoms with van der Waals surface area (Å²) in [7, 11) is 0. The predicted octanol–water partition coefficient (Wildman–Crippen LogP) is 4.40. The van der Waals surface area contributed by atoms with Crippen LogP contribution in [0.15, 0.2) is 42.7 Å². The number of nitrogens with zero attached hydrogens (tertiary/aromatic N) is 3. The van der Waals surface area contributed by atoms with Gasteiger partial charge in [0.15, 0.2) is 11.4 Å². The van der Waals surface area contributed by atoms with Crippen molar-refractivity contribution in [2.45, 2.75) is 46.1 Å². The molecule has 152 valence electrons. The second kappa shape index (κ2) is 9.32. The molecule has 7 heteroatoms. The number of carbonyl (C=O) groups is 2. The third kappa shape index (κ3) is 5.19. The number of pyridine rings is 1. The molecule has 0 atom stereocenters. The fourth-order valence-electron chi connectivity index (χ4n) is 2.94. The SMILES string of the molecule is CCCOc1ccc(C(=O)CCC(=O)Nc2cnc3c(cnn3C(C)C)c2)cc1. The Morgan fingerprint density at radius 3 is 2.59 bits per heavy atom. The van der Waals surface area contributed by atoms with E-state index < -0.39 is 0 Å². The summed E-state index contributed by atoms with van der Waals surface area (Å²) in [5, 5.41) is 7.98. The second-order valence-electron chi connectivity index (χ2n) is 7.16. The molecule has 2 heterocycles. The van der Waals surface area contributed by atoms with Crippen molar-refractivity contribution in [1.29, 1.82) is 0 Å². The molecular formula is C22H26N4O3. The van der Waals surface area contributed by atoms with Crippen LogP contribution in [0, 0.1) is 0 Å². The van der Waals surface area contributed by atoms with Gasteiger partial charge in [0.1, 0.15) is 5.75 Å². The van der Waals surface area contributed by atoms with Crippen LogP contribution in [0.4, 0.5) is 5.69 Å². The highest BCUT2D eigenvalue weighted by molar-refractivity contribution is 6.00. The first-order chi connectivity index (χ1) is 14.0. The number of fused-ring (bicyclic) bond motifs is 1. The molecule has 0 saturated heterocycles. The number of Topliss-reactive ketones (excluding diaryl/α,β-unsaturated/α-hetero) is 1. The molecule has 7 nitrogen and oxygen atoms in total. The molecular weight excluding hydrogens is 368 g/mol. The van der Waals surface area contributed by atoms with Gasteiger partial charge in [-0.05, 0) is 50.6 Å². The lowest BCUT2D eigenvalue weighted by molar-refractivity contribution is -0.116.